The summed E-state index contributed by atoms with van der Waals surface area (Å²) in [5.74, 6) is 1.99. The van der Waals surface area contributed by atoms with Crippen molar-refractivity contribution >= 4 is 17.0 Å². The van der Waals surface area contributed by atoms with Crippen molar-refractivity contribution in [1.29, 1.82) is 0 Å². The van der Waals surface area contributed by atoms with E-state index in [1.54, 1.807) is 14.2 Å². The molecule has 0 aliphatic rings. The Morgan fingerprint density at radius 3 is 2.58 bits per heavy atom. The summed E-state index contributed by atoms with van der Waals surface area (Å²) < 4.78 is 16.3. The highest BCUT2D eigenvalue weighted by molar-refractivity contribution is 5.78. The first-order chi connectivity index (χ1) is 12.6. The predicted molar refractivity (Wildman–Crippen MR) is 99.5 cm³/mol. The number of hydrogen-bond donors (Lipinski definition) is 2. The van der Waals surface area contributed by atoms with Gasteiger partial charge in [0.05, 0.1) is 20.3 Å². The molecule has 2 N–H and O–H groups in total. The molecule has 0 fully saturated rings. The first-order valence-corrected chi connectivity index (χ1v) is 8.34. The number of para-hydroxylation sites is 1. The SMILES string of the molecule is COc1ccc(CNC(=O)NC(C)c2cc3ccccc3o2)cc1OC. The van der Waals surface area contributed by atoms with Crippen LogP contribution in [0.25, 0.3) is 11.0 Å². The number of carbonyl (C=O) groups is 1. The van der Waals surface area contributed by atoms with Gasteiger partial charge < -0.3 is 24.5 Å². The number of carbonyl (C=O) groups excluding carboxylic acids is 1. The number of fused-ring (bicyclic) bond motifs is 1. The van der Waals surface area contributed by atoms with Crippen LogP contribution in [0.2, 0.25) is 0 Å². The first-order valence-electron chi connectivity index (χ1n) is 8.34. The number of rotatable bonds is 6. The Kier molecular flexibility index (Phi) is 5.31. The molecule has 6 heteroatoms. The summed E-state index contributed by atoms with van der Waals surface area (Å²) in [5, 5.41) is 6.73. The lowest BCUT2D eigenvalue weighted by molar-refractivity contribution is 0.236. The van der Waals surface area contributed by atoms with Gasteiger partial charge in [0.15, 0.2) is 11.5 Å². The molecule has 3 rings (SSSR count). The summed E-state index contributed by atoms with van der Waals surface area (Å²) >= 11 is 0. The van der Waals surface area contributed by atoms with E-state index in [4.69, 9.17) is 13.9 Å². The number of ether oxygens (including phenoxy) is 2. The molecule has 0 saturated carbocycles. The molecule has 26 heavy (non-hydrogen) atoms. The lowest BCUT2D eigenvalue weighted by Crippen LogP contribution is -2.36. The largest absolute Gasteiger partial charge is 0.493 e. The van der Waals surface area contributed by atoms with Gasteiger partial charge in [-0.3, -0.25) is 0 Å². The highest BCUT2D eigenvalue weighted by Gasteiger charge is 2.14. The fraction of sp³-hybridized carbons (Fsp3) is 0.250. The third kappa shape index (κ3) is 3.91. The van der Waals surface area contributed by atoms with Gasteiger partial charge >= 0.3 is 6.03 Å². The van der Waals surface area contributed by atoms with Gasteiger partial charge in [-0.15, -0.1) is 0 Å². The average molecular weight is 354 g/mol. The molecule has 0 saturated heterocycles. The van der Waals surface area contributed by atoms with Crippen molar-refractivity contribution in [3.05, 3.63) is 59.9 Å². The molecule has 0 aliphatic carbocycles. The smallest absolute Gasteiger partial charge is 0.315 e. The fourth-order valence-corrected chi connectivity index (χ4v) is 2.71. The summed E-state index contributed by atoms with van der Waals surface area (Å²) in [6.45, 7) is 2.26. The zero-order valence-electron chi connectivity index (χ0n) is 15.0. The second kappa shape index (κ2) is 7.82. The number of methoxy groups -OCH3 is 2. The zero-order chi connectivity index (χ0) is 18.5. The van der Waals surface area contributed by atoms with E-state index in [0.29, 0.717) is 23.8 Å². The minimum atomic E-state index is -0.271. The van der Waals surface area contributed by atoms with E-state index >= 15 is 0 Å². The van der Waals surface area contributed by atoms with Crippen molar-refractivity contribution in [2.45, 2.75) is 19.5 Å². The molecule has 0 bridgehead atoms. The van der Waals surface area contributed by atoms with E-state index in [2.05, 4.69) is 10.6 Å². The van der Waals surface area contributed by atoms with E-state index in [1.807, 2.05) is 55.5 Å². The Balaban J connectivity index is 1.58. The van der Waals surface area contributed by atoms with Crippen LogP contribution in [-0.2, 0) is 6.54 Å². The molecule has 1 unspecified atom stereocenters. The summed E-state index contributed by atoms with van der Waals surface area (Å²) in [7, 11) is 3.17. The Bertz CT molecular complexity index is 871. The quantitative estimate of drug-likeness (QED) is 0.701. The highest BCUT2D eigenvalue weighted by atomic mass is 16.5. The molecule has 1 atom stereocenters. The van der Waals surface area contributed by atoms with E-state index < -0.39 is 0 Å². The molecular weight excluding hydrogens is 332 g/mol. The van der Waals surface area contributed by atoms with Gasteiger partial charge in [0.25, 0.3) is 0 Å². The molecular formula is C20H22N2O4. The van der Waals surface area contributed by atoms with Crippen molar-refractivity contribution in [2.24, 2.45) is 0 Å². The summed E-state index contributed by atoms with van der Waals surface area (Å²) in [5.41, 5.74) is 1.72. The van der Waals surface area contributed by atoms with Gasteiger partial charge in [-0.25, -0.2) is 4.79 Å². The molecule has 136 valence electrons. The minimum Gasteiger partial charge on any atom is -0.493 e. The summed E-state index contributed by atoms with van der Waals surface area (Å²) in [6.07, 6.45) is 0. The van der Waals surface area contributed by atoms with Crippen molar-refractivity contribution in [1.82, 2.24) is 10.6 Å². The number of benzene rings is 2. The highest BCUT2D eigenvalue weighted by Crippen LogP contribution is 2.27. The molecule has 1 aromatic heterocycles. The van der Waals surface area contributed by atoms with Crippen LogP contribution in [0.4, 0.5) is 4.79 Å². The normalized spacial score (nSPS) is 11.8. The van der Waals surface area contributed by atoms with Crippen molar-refractivity contribution in [2.75, 3.05) is 14.2 Å². The maximum Gasteiger partial charge on any atom is 0.315 e. The number of amides is 2. The van der Waals surface area contributed by atoms with Crippen molar-refractivity contribution < 1.29 is 18.7 Å². The molecule has 3 aromatic rings. The molecule has 2 aromatic carbocycles. The summed E-state index contributed by atoms with van der Waals surface area (Å²) in [4.78, 5) is 12.2. The van der Waals surface area contributed by atoms with Crippen LogP contribution in [0.3, 0.4) is 0 Å². The Labute approximate surface area is 152 Å². The maximum absolute atomic E-state index is 12.2. The monoisotopic (exact) mass is 354 g/mol. The van der Waals surface area contributed by atoms with Gasteiger partial charge in [-0.1, -0.05) is 24.3 Å². The van der Waals surface area contributed by atoms with Gasteiger partial charge in [0.2, 0.25) is 0 Å². The van der Waals surface area contributed by atoms with E-state index in [9.17, 15) is 4.79 Å². The van der Waals surface area contributed by atoms with Crippen LogP contribution >= 0.6 is 0 Å². The van der Waals surface area contributed by atoms with Gasteiger partial charge in [0.1, 0.15) is 11.3 Å². The average Bonchev–Trinajstić information content (AvgIpc) is 3.10. The third-order valence-electron chi connectivity index (χ3n) is 4.12. The van der Waals surface area contributed by atoms with Crippen LogP contribution in [0.1, 0.15) is 24.3 Å². The van der Waals surface area contributed by atoms with Crippen LogP contribution in [0.15, 0.2) is 52.9 Å². The Morgan fingerprint density at radius 1 is 1.08 bits per heavy atom. The maximum atomic E-state index is 12.2. The molecule has 0 spiro atoms. The van der Waals surface area contributed by atoms with Gasteiger partial charge in [0, 0.05) is 11.9 Å². The van der Waals surface area contributed by atoms with Crippen LogP contribution in [0.5, 0.6) is 11.5 Å². The number of hydrogen-bond acceptors (Lipinski definition) is 4. The van der Waals surface area contributed by atoms with Crippen LogP contribution in [-0.4, -0.2) is 20.3 Å². The zero-order valence-corrected chi connectivity index (χ0v) is 15.0. The first kappa shape index (κ1) is 17.7. The van der Waals surface area contributed by atoms with Crippen molar-refractivity contribution in [3.8, 4) is 11.5 Å². The second-order valence-corrected chi connectivity index (χ2v) is 5.92. The van der Waals surface area contributed by atoms with Gasteiger partial charge in [-0.05, 0) is 36.8 Å². The lowest BCUT2D eigenvalue weighted by Gasteiger charge is -2.13. The Hall–Kier alpha value is -3.15. The van der Waals surface area contributed by atoms with E-state index in [1.165, 1.54) is 0 Å². The van der Waals surface area contributed by atoms with E-state index in [-0.39, 0.29) is 12.1 Å². The minimum absolute atomic E-state index is 0.243. The molecule has 0 radical (unpaired) electrons. The molecule has 0 aliphatic heterocycles. The number of furan rings is 1. The molecule has 2 amide bonds. The molecule has 6 nitrogen and oxygen atoms in total. The molecule has 1 heterocycles. The predicted octanol–water partition coefficient (Wildman–Crippen LogP) is 4.01. The number of nitrogens with one attached hydrogen (secondary N) is 2. The topological polar surface area (TPSA) is 72.7 Å². The number of urea groups is 1. The Morgan fingerprint density at radius 2 is 1.85 bits per heavy atom. The standard InChI is InChI=1S/C20H22N2O4/c1-13(18-11-15-6-4-5-7-16(15)26-18)22-20(23)21-12-14-8-9-17(24-2)19(10-14)25-3/h4-11,13H,12H2,1-3H3,(H2,21,22,23). The van der Waals surface area contributed by atoms with Crippen LogP contribution in [0, 0.1) is 0 Å². The van der Waals surface area contributed by atoms with E-state index in [0.717, 1.165) is 16.5 Å². The lowest BCUT2D eigenvalue weighted by atomic mass is 10.2. The second-order valence-electron chi connectivity index (χ2n) is 5.92. The fourth-order valence-electron chi connectivity index (χ4n) is 2.71. The summed E-state index contributed by atoms with van der Waals surface area (Å²) in [6, 6.07) is 14.7. The van der Waals surface area contributed by atoms with Crippen molar-refractivity contribution in [3.63, 3.8) is 0 Å². The third-order valence-corrected chi connectivity index (χ3v) is 4.12. The van der Waals surface area contributed by atoms with Gasteiger partial charge in [-0.2, -0.15) is 0 Å². The van der Waals surface area contributed by atoms with Crippen LogP contribution < -0.4 is 20.1 Å².